The van der Waals surface area contributed by atoms with E-state index in [1.54, 1.807) is 31.4 Å². The quantitative estimate of drug-likeness (QED) is 0.794. The molecule has 0 aliphatic heterocycles. The lowest BCUT2D eigenvalue weighted by Gasteiger charge is -2.13. The van der Waals surface area contributed by atoms with Crippen LogP contribution in [0.5, 0.6) is 5.75 Å². The van der Waals surface area contributed by atoms with Crippen molar-refractivity contribution >= 4 is 5.69 Å². The third kappa shape index (κ3) is 3.98. The maximum absolute atomic E-state index is 10.1. The van der Waals surface area contributed by atoms with Crippen molar-refractivity contribution in [3.8, 4) is 5.75 Å². The number of anilines is 1. The summed E-state index contributed by atoms with van der Waals surface area (Å²) in [6, 6.07) is 14.7. The van der Waals surface area contributed by atoms with E-state index in [2.05, 4.69) is 0 Å². The lowest BCUT2D eigenvalue weighted by atomic mass is 10.1. The molecule has 0 bridgehead atoms. The van der Waals surface area contributed by atoms with Gasteiger partial charge in [0.05, 0.1) is 6.61 Å². The van der Waals surface area contributed by atoms with E-state index in [0.717, 1.165) is 11.1 Å². The summed E-state index contributed by atoms with van der Waals surface area (Å²) in [5, 5.41) is 10.1. The average molecular weight is 273 g/mol. The van der Waals surface area contributed by atoms with E-state index < -0.39 is 6.10 Å². The van der Waals surface area contributed by atoms with Crippen molar-refractivity contribution < 1.29 is 14.6 Å². The smallest absolute Gasteiger partial charge is 0.119 e. The van der Waals surface area contributed by atoms with Gasteiger partial charge in [-0.15, -0.1) is 0 Å². The maximum atomic E-state index is 10.1. The van der Waals surface area contributed by atoms with Gasteiger partial charge in [0, 0.05) is 12.8 Å². The first-order valence-corrected chi connectivity index (χ1v) is 6.43. The Bertz CT molecular complexity index is 540. The van der Waals surface area contributed by atoms with Gasteiger partial charge in [-0.25, -0.2) is 0 Å². The van der Waals surface area contributed by atoms with Crippen molar-refractivity contribution in [3.63, 3.8) is 0 Å². The van der Waals surface area contributed by atoms with Gasteiger partial charge in [0.25, 0.3) is 0 Å². The monoisotopic (exact) mass is 273 g/mol. The Morgan fingerprint density at radius 1 is 1.15 bits per heavy atom. The van der Waals surface area contributed by atoms with Crippen molar-refractivity contribution in [2.24, 2.45) is 0 Å². The Labute approximate surface area is 118 Å². The molecule has 0 radical (unpaired) electrons. The van der Waals surface area contributed by atoms with Crippen LogP contribution in [0.1, 0.15) is 17.2 Å². The molecular formula is C16H19NO3. The minimum Gasteiger partial charge on any atom is -0.491 e. The SMILES string of the molecule is COCc1cccc(OCC(O)c2ccc(N)cc2)c1. The van der Waals surface area contributed by atoms with Crippen LogP contribution < -0.4 is 10.5 Å². The number of nitrogen functional groups attached to an aromatic ring is 1. The number of methoxy groups -OCH3 is 1. The molecule has 20 heavy (non-hydrogen) atoms. The van der Waals surface area contributed by atoms with Crippen LogP contribution in [0.3, 0.4) is 0 Å². The molecule has 0 aromatic heterocycles. The minimum absolute atomic E-state index is 0.195. The first kappa shape index (κ1) is 14.4. The van der Waals surface area contributed by atoms with Crippen LogP contribution in [-0.2, 0) is 11.3 Å². The molecule has 0 fully saturated rings. The summed E-state index contributed by atoms with van der Waals surface area (Å²) in [5.74, 6) is 0.717. The molecule has 0 spiro atoms. The molecule has 4 heteroatoms. The fraction of sp³-hybridized carbons (Fsp3) is 0.250. The number of benzene rings is 2. The van der Waals surface area contributed by atoms with Crippen LogP contribution in [0.4, 0.5) is 5.69 Å². The average Bonchev–Trinajstić information content (AvgIpc) is 2.46. The molecule has 0 saturated heterocycles. The zero-order valence-electron chi connectivity index (χ0n) is 11.5. The van der Waals surface area contributed by atoms with Gasteiger partial charge in [-0.05, 0) is 35.4 Å². The van der Waals surface area contributed by atoms with Gasteiger partial charge in [0.1, 0.15) is 18.5 Å². The number of hydrogen-bond acceptors (Lipinski definition) is 4. The topological polar surface area (TPSA) is 64.7 Å². The van der Waals surface area contributed by atoms with Crippen molar-refractivity contribution in [3.05, 3.63) is 59.7 Å². The molecule has 106 valence electrons. The molecule has 1 unspecified atom stereocenters. The molecule has 4 nitrogen and oxygen atoms in total. The number of hydrogen-bond donors (Lipinski definition) is 2. The Morgan fingerprint density at radius 2 is 1.90 bits per heavy atom. The Hall–Kier alpha value is -2.04. The van der Waals surface area contributed by atoms with Crippen LogP contribution in [-0.4, -0.2) is 18.8 Å². The number of aliphatic hydroxyl groups excluding tert-OH is 1. The molecule has 0 heterocycles. The van der Waals surface area contributed by atoms with Gasteiger partial charge in [-0.3, -0.25) is 0 Å². The fourth-order valence-corrected chi connectivity index (χ4v) is 1.88. The first-order chi connectivity index (χ1) is 9.69. The van der Waals surface area contributed by atoms with Crippen LogP contribution in [0.25, 0.3) is 0 Å². The highest BCUT2D eigenvalue weighted by Crippen LogP contribution is 2.18. The summed E-state index contributed by atoms with van der Waals surface area (Å²) in [4.78, 5) is 0. The molecule has 2 aromatic rings. The van der Waals surface area contributed by atoms with Crippen molar-refractivity contribution in [2.75, 3.05) is 19.5 Å². The largest absolute Gasteiger partial charge is 0.491 e. The predicted octanol–water partition coefficient (Wildman–Crippen LogP) is 2.53. The molecule has 0 aliphatic rings. The lowest BCUT2D eigenvalue weighted by Crippen LogP contribution is -2.09. The summed E-state index contributed by atoms with van der Waals surface area (Å²) < 4.78 is 10.7. The summed E-state index contributed by atoms with van der Waals surface area (Å²) in [6.07, 6.45) is -0.679. The van der Waals surface area contributed by atoms with E-state index in [0.29, 0.717) is 18.0 Å². The Kier molecular flexibility index (Phi) is 4.98. The van der Waals surface area contributed by atoms with Gasteiger partial charge in [-0.2, -0.15) is 0 Å². The second-order valence-electron chi connectivity index (χ2n) is 4.57. The van der Waals surface area contributed by atoms with Crippen LogP contribution in [0.15, 0.2) is 48.5 Å². The fourth-order valence-electron chi connectivity index (χ4n) is 1.88. The standard InChI is InChI=1S/C16H19NO3/c1-19-10-12-3-2-4-15(9-12)20-11-16(18)13-5-7-14(17)8-6-13/h2-9,16,18H,10-11,17H2,1H3. The molecule has 1 atom stereocenters. The van der Waals surface area contributed by atoms with E-state index in [4.69, 9.17) is 15.2 Å². The number of ether oxygens (including phenoxy) is 2. The summed E-state index contributed by atoms with van der Waals surface area (Å²) in [7, 11) is 1.65. The molecule has 0 amide bonds. The predicted molar refractivity (Wildman–Crippen MR) is 78.5 cm³/mol. The van der Waals surface area contributed by atoms with Crippen LogP contribution in [0, 0.1) is 0 Å². The summed E-state index contributed by atoms with van der Waals surface area (Å²) in [6.45, 7) is 0.734. The second kappa shape index (κ2) is 6.93. The third-order valence-electron chi connectivity index (χ3n) is 2.94. The maximum Gasteiger partial charge on any atom is 0.119 e. The Balaban J connectivity index is 1.94. The molecule has 3 N–H and O–H groups in total. The molecular weight excluding hydrogens is 254 g/mol. The molecule has 2 aromatic carbocycles. The molecule has 0 aliphatic carbocycles. The van der Waals surface area contributed by atoms with E-state index in [-0.39, 0.29) is 6.61 Å². The van der Waals surface area contributed by atoms with Crippen LogP contribution >= 0.6 is 0 Å². The van der Waals surface area contributed by atoms with E-state index in [1.165, 1.54) is 0 Å². The van der Waals surface area contributed by atoms with Gasteiger partial charge in [0.15, 0.2) is 0 Å². The highest BCUT2D eigenvalue weighted by atomic mass is 16.5. The van der Waals surface area contributed by atoms with Gasteiger partial charge < -0.3 is 20.3 Å². The van der Waals surface area contributed by atoms with E-state index >= 15 is 0 Å². The van der Waals surface area contributed by atoms with E-state index in [9.17, 15) is 5.11 Å². The van der Waals surface area contributed by atoms with Crippen LogP contribution in [0.2, 0.25) is 0 Å². The summed E-state index contributed by atoms with van der Waals surface area (Å²) in [5.41, 5.74) is 8.11. The van der Waals surface area contributed by atoms with Gasteiger partial charge in [-0.1, -0.05) is 24.3 Å². The zero-order valence-corrected chi connectivity index (χ0v) is 11.5. The minimum atomic E-state index is -0.679. The number of aliphatic hydroxyl groups is 1. The van der Waals surface area contributed by atoms with Crippen molar-refractivity contribution in [2.45, 2.75) is 12.7 Å². The molecule has 2 rings (SSSR count). The Morgan fingerprint density at radius 3 is 2.60 bits per heavy atom. The van der Waals surface area contributed by atoms with E-state index in [1.807, 2.05) is 24.3 Å². The summed E-state index contributed by atoms with van der Waals surface area (Å²) >= 11 is 0. The zero-order chi connectivity index (χ0) is 14.4. The normalized spacial score (nSPS) is 12.1. The van der Waals surface area contributed by atoms with Crippen molar-refractivity contribution in [1.82, 2.24) is 0 Å². The number of rotatable bonds is 6. The first-order valence-electron chi connectivity index (χ1n) is 6.43. The lowest BCUT2D eigenvalue weighted by molar-refractivity contribution is 0.108. The van der Waals surface area contributed by atoms with Crippen molar-refractivity contribution in [1.29, 1.82) is 0 Å². The number of nitrogens with two attached hydrogens (primary N) is 1. The van der Waals surface area contributed by atoms with Gasteiger partial charge in [0.2, 0.25) is 0 Å². The highest BCUT2D eigenvalue weighted by molar-refractivity contribution is 5.39. The molecule has 0 saturated carbocycles. The highest BCUT2D eigenvalue weighted by Gasteiger charge is 2.08. The third-order valence-corrected chi connectivity index (χ3v) is 2.94. The second-order valence-corrected chi connectivity index (χ2v) is 4.57. The van der Waals surface area contributed by atoms with Gasteiger partial charge >= 0.3 is 0 Å².